The van der Waals surface area contributed by atoms with Gasteiger partial charge in [-0.3, -0.25) is 4.79 Å². The quantitative estimate of drug-likeness (QED) is 0.614. The molecular formula is C12H16N2O4. The molecule has 1 aliphatic rings. The van der Waals surface area contributed by atoms with Crippen molar-refractivity contribution in [3.05, 3.63) is 23.8 Å². The second-order valence-electron chi connectivity index (χ2n) is 4.27. The van der Waals surface area contributed by atoms with E-state index in [-0.39, 0.29) is 24.6 Å². The Morgan fingerprint density at radius 2 is 2.00 bits per heavy atom. The molecule has 0 radical (unpaired) electrons. The maximum atomic E-state index is 12.3. The van der Waals surface area contributed by atoms with Gasteiger partial charge in [0.1, 0.15) is 11.3 Å². The lowest BCUT2D eigenvalue weighted by Crippen LogP contribution is -2.30. The lowest BCUT2D eigenvalue weighted by molar-refractivity contribution is 0.0572. The van der Waals surface area contributed by atoms with Gasteiger partial charge in [-0.05, 0) is 12.1 Å². The van der Waals surface area contributed by atoms with Gasteiger partial charge in [0, 0.05) is 18.8 Å². The van der Waals surface area contributed by atoms with Crippen LogP contribution in [0.3, 0.4) is 0 Å². The first-order chi connectivity index (χ1) is 8.54. The summed E-state index contributed by atoms with van der Waals surface area (Å²) in [5.41, 5.74) is 6.36. The zero-order valence-corrected chi connectivity index (χ0v) is 10.0. The van der Waals surface area contributed by atoms with Gasteiger partial charge in [0.15, 0.2) is 0 Å². The van der Waals surface area contributed by atoms with Crippen LogP contribution in [0, 0.1) is 0 Å². The number of nitrogens with zero attached hydrogens (tertiary/aromatic N) is 1. The highest BCUT2D eigenvalue weighted by molar-refractivity contribution is 6.02. The molecule has 0 saturated carbocycles. The molecule has 1 heterocycles. The molecule has 6 nitrogen and oxygen atoms in total. The molecule has 0 aromatic heterocycles. The van der Waals surface area contributed by atoms with E-state index in [4.69, 9.17) is 10.5 Å². The molecule has 98 valence electrons. The highest BCUT2D eigenvalue weighted by atomic mass is 16.5. The number of rotatable bonds is 2. The van der Waals surface area contributed by atoms with E-state index in [0.717, 1.165) is 0 Å². The summed E-state index contributed by atoms with van der Waals surface area (Å²) in [6.45, 7) is 0.189. The van der Waals surface area contributed by atoms with Crippen LogP contribution in [0.4, 0.5) is 5.69 Å². The lowest BCUT2D eigenvalue weighted by atomic mass is 10.1. The number of aliphatic hydroxyl groups is 2. The van der Waals surface area contributed by atoms with Crippen LogP contribution in [0.1, 0.15) is 10.4 Å². The fourth-order valence-corrected chi connectivity index (χ4v) is 2.04. The Labute approximate surface area is 105 Å². The number of methoxy groups -OCH3 is 1. The number of ether oxygens (including phenoxy) is 1. The molecule has 1 aromatic rings. The van der Waals surface area contributed by atoms with Crippen LogP contribution in [-0.2, 0) is 0 Å². The van der Waals surface area contributed by atoms with Crippen LogP contribution in [0.15, 0.2) is 18.2 Å². The first kappa shape index (κ1) is 12.7. The Bertz CT molecular complexity index is 453. The Hall–Kier alpha value is -1.79. The number of nitrogen functional groups attached to an aromatic ring is 1. The molecule has 18 heavy (non-hydrogen) atoms. The molecule has 1 amide bonds. The molecule has 1 aliphatic heterocycles. The summed E-state index contributed by atoms with van der Waals surface area (Å²) in [6.07, 6.45) is -1.82. The number of likely N-dealkylation sites (tertiary alicyclic amines) is 1. The van der Waals surface area contributed by atoms with Gasteiger partial charge in [-0.15, -0.1) is 0 Å². The van der Waals surface area contributed by atoms with Crippen molar-refractivity contribution in [3.8, 4) is 5.75 Å². The number of anilines is 1. The van der Waals surface area contributed by atoms with Crippen molar-refractivity contribution in [3.63, 3.8) is 0 Å². The minimum Gasteiger partial charge on any atom is -0.496 e. The SMILES string of the molecule is COc1cccc(N)c1C(=O)N1CC(O)C(O)C1. The summed E-state index contributed by atoms with van der Waals surface area (Å²) in [5.74, 6) is 0.0384. The van der Waals surface area contributed by atoms with Crippen molar-refractivity contribution in [1.29, 1.82) is 0 Å². The fourth-order valence-electron chi connectivity index (χ4n) is 2.04. The Kier molecular flexibility index (Phi) is 3.40. The van der Waals surface area contributed by atoms with Crippen molar-refractivity contribution < 1.29 is 19.7 Å². The van der Waals surface area contributed by atoms with Gasteiger partial charge in [0.25, 0.3) is 5.91 Å². The van der Waals surface area contributed by atoms with E-state index >= 15 is 0 Å². The van der Waals surface area contributed by atoms with Gasteiger partial charge in [0.2, 0.25) is 0 Å². The number of amides is 1. The summed E-state index contributed by atoms with van der Waals surface area (Å²) in [5, 5.41) is 18.9. The molecule has 2 atom stereocenters. The fraction of sp³-hybridized carbons (Fsp3) is 0.417. The van der Waals surface area contributed by atoms with Crippen LogP contribution in [0.25, 0.3) is 0 Å². The number of carbonyl (C=O) groups excluding carboxylic acids is 1. The second kappa shape index (κ2) is 4.83. The summed E-state index contributed by atoms with van der Waals surface area (Å²) in [6, 6.07) is 4.95. The van der Waals surface area contributed by atoms with E-state index in [1.54, 1.807) is 18.2 Å². The zero-order chi connectivity index (χ0) is 13.3. The van der Waals surface area contributed by atoms with Crippen molar-refractivity contribution in [2.24, 2.45) is 0 Å². The van der Waals surface area contributed by atoms with Gasteiger partial charge in [-0.25, -0.2) is 0 Å². The molecule has 1 aromatic carbocycles. The third-order valence-corrected chi connectivity index (χ3v) is 3.04. The van der Waals surface area contributed by atoms with E-state index in [9.17, 15) is 15.0 Å². The normalized spacial score (nSPS) is 23.2. The van der Waals surface area contributed by atoms with Crippen LogP contribution in [0.2, 0.25) is 0 Å². The average Bonchev–Trinajstić information content (AvgIpc) is 2.68. The first-order valence-electron chi connectivity index (χ1n) is 5.62. The molecule has 2 unspecified atom stereocenters. The number of nitrogens with two attached hydrogens (primary N) is 1. The maximum Gasteiger partial charge on any atom is 0.259 e. The summed E-state index contributed by atoms with van der Waals surface area (Å²) in [7, 11) is 1.46. The van der Waals surface area contributed by atoms with E-state index in [1.165, 1.54) is 12.0 Å². The van der Waals surface area contributed by atoms with Gasteiger partial charge in [-0.1, -0.05) is 6.07 Å². The van der Waals surface area contributed by atoms with Crippen molar-refractivity contribution >= 4 is 11.6 Å². The molecule has 1 saturated heterocycles. The van der Waals surface area contributed by atoms with Gasteiger partial charge in [0.05, 0.1) is 19.3 Å². The van der Waals surface area contributed by atoms with E-state index in [0.29, 0.717) is 11.4 Å². The lowest BCUT2D eigenvalue weighted by Gasteiger charge is -2.18. The van der Waals surface area contributed by atoms with Crippen molar-refractivity contribution in [1.82, 2.24) is 4.90 Å². The minimum absolute atomic E-state index is 0.0947. The van der Waals surface area contributed by atoms with Gasteiger partial charge < -0.3 is 25.6 Å². The average molecular weight is 252 g/mol. The van der Waals surface area contributed by atoms with Crippen LogP contribution in [-0.4, -0.2) is 53.4 Å². The van der Waals surface area contributed by atoms with Crippen molar-refractivity contribution in [2.45, 2.75) is 12.2 Å². The Morgan fingerprint density at radius 3 is 2.56 bits per heavy atom. The van der Waals surface area contributed by atoms with Crippen molar-refractivity contribution in [2.75, 3.05) is 25.9 Å². The Balaban J connectivity index is 2.29. The Morgan fingerprint density at radius 1 is 1.39 bits per heavy atom. The minimum atomic E-state index is -0.912. The number of β-amino-alcohol motifs (C(OH)–C–C–N with tert-alkyl or cyclic N) is 2. The number of hydrogen-bond acceptors (Lipinski definition) is 5. The molecular weight excluding hydrogens is 236 g/mol. The van der Waals surface area contributed by atoms with Crippen LogP contribution >= 0.6 is 0 Å². The molecule has 4 N–H and O–H groups in total. The van der Waals surface area contributed by atoms with Gasteiger partial charge in [-0.2, -0.15) is 0 Å². The number of hydrogen-bond donors (Lipinski definition) is 3. The monoisotopic (exact) mass is 252 g/mol. The largest absolute Gasteiger partial charge is 0.496 e. The molecule has 0 bridgehead atoms. The van der Waals surface area contributed by atoms with Crippen LogP contribution < -0.4 is 10.5 Å². The second-order valence-corrected chi connectivity index (χ2v) is 4.27. The summed E-state index contributed by atoms with van der Waals surface area (Å²) < 4.78 is 5.11. The van der Waals surface area contributed by atoms with E-state index in [2.05, 4.69) is 0 Å². The predicted molar refractivity (Wildman–Crippen MR) is 65.3 cm³/mol. The molecule has 0 spiro atoms. The molecule has 6 heteroatoms. The van der Waals surface area contributed by atoms with Gasteiger partial charge >= 0.3 is 0 Å². The van der Waals surface area contributed by atoms with E-state index in [1.807, 2.05) is 0 Å². The molecule has 1 fully saturated rings. The molecule has 0 aliphatic carbocycles. The summed E-state index contributed by atoms with van der Waals surface area (Å²) in [4.78, 5) is 13.6. The third kappa shape index (κ3) is 2.12. The standard InChI is InChI=1S/C12H16N2O4/c1-18-10-4-2-3-7(13)11(10)12(17)14-5-8(15)9(16)6-14/h2-4,8-9,15-16H,5-6,13H2,1H3. The number of benzene rings is 1. The number of aliphatic hydroxyl groups excluding tert-OH is 2. The predicted octanol–water partition coefficient (Wildman–Crippen LogP) is -0.545. The van der Waals surface area contributed by atoms with E-state index < -0.39 is 12.2 Å². The van der Waals surface area contributed by atoms with Crippen LogP contribution in [0.5, 0.6) is 5.75 Å². The first-order valence-corrected chi connectivity index (χ1v) is 5.62. The highest BCUT2D eigenvalue weighted by Crippen LogP contribution is 2.27. The summed E-state index contributed by atoms with van der Waals surface area (Å²) >= 11 is 0. The zero-order valence-electron chi connectivity index (χ0n) is 10.0. The number of carbonyl (C=O) groups is 1. The smallest absolute Gasteiger partial charge is 0.259 e. The molecule has 2 rings (SSSR count). The maximum absolute atomic E-state index is 12.3. The third-order valence-electron chi connectivity index (χ3n) is 3.04. The topological polar surface area (TPSA) is 96.0 Å². The highest BCUT2D eigenvalue weighted by Gasteiger charge is 2.34.